The zero-order chi connectivity index (χ0) is 23.6. The second-order valence-electron chi connectivity index (χ2n) is 8.11. The van der Waals surface area contributed by atoms with E-state index in [1.54, 1.807) is 18.2 Å². The van der Waals surface area contributed by atoms with E-state index in [2.05, 4.69) is 16.6 Å². The third kappa shape index (κ3) is 4.30. The molecule has 0 unspecified atom stereocenters. The van der Waals surface area contributed by atoms with Crippen LogP contribution in [0.5, 0.6) is 5.75 Å². The van der Waals surface area contributed by atoms with Gasteiger partial charge in [-0.1, -0.05) is 45.1 Å². The molecule has 3 aromatic rings. The summed E-state index contributed by atoms with van der Waals surface area (Å²) in [5, 5.41) is 0.316. The van der Waals surface area contributed by atoms with Crippen molar-refractivity contribution in [3.8, 4) is 11.4 Å². The number of ether oxygens (including phenoxy) is 1. The van der Waals surface area contributed by atoms with Crippen LogP contribution in [0.1, 0.15) is 61.6 Å². The van der Waals surface area contributed by atoms with E-state index in [0.29, 0.717) is 28.9 Å². The average Bonchev–Trinajstić information content (AvgIpc) is 3.10. The zero-order valence-electron chi connectivity index (χ0n) is 18.8. The van der Waals surface area contributed by atoms with Crippen molar-refractivity contribution in [2.45, 2.75) is 50.3 Å². The molecular formula is C24H27N3O5S. The molecule has 1 aliphatic rings. The number of hydrogen-bond donors (Lipinski definition) is 1. The lowest BCUT2D eigenvalue weighted by Crippen LogP contribution is -2.25. The summed E-state index contributed by atoms with van der Waals surface area (Å²) in [5.74, 6) is -0.164. The van der Waals surface area contributed by atoms with E-state index in [1.807, 2.05) is 0 Å². The maximum absolute atomic E-state index is 13.1. The Balaban J connectivity index is 1.60. The Morgan fingerprint density at radius 3 is 2.55 bits per heavy atom. The monoisotopic (exact) mass is 469 g/mol. The quantitative estimate of drug-likeness (QED) is 0.356. The molecule has 9 heteroatoms. The topological polar surface area (TPSA) is 107 Å². The molecule has 0 radical (unpaired) electrons. The second-order valence-corrected chi connectivity index (χ2v) is 9.87. The Morgan fingerprint density at radius 2 is 1.79 bits per heavy atom. The van der Waals surface area contributed by atoms with Crippen LogP contribution in [-0.2, 0) is 10.0 Å². The van der Waals surface area contributed by atoms with Gasteiger partial charge in [-0.2, -0.15) is 0 Å². The summed E-state index contributed by atoms with van der Waals surface area (Å²) >= 11 is 0. The summed E-state index contributed by atoms with van der Waals surface area (Å²) in [5.41, 5.74) is 0.354. The van der Waals surface area contributed by atoms with Gasteiger partial charge < -0.3 is 4.74 Å². The fraction of sp³-hybridized carbons (Fsp3) is 0.375. The Labute approximate surface area is 192 Å². The minimum absolute atomic E-state index is 0.0106. The number of ketones is 1. The van der Waals surface area contributed by atoms with E-state index >= 15 is 0 Å². The fourth-order valence-corrected chi connectivity index (χ4v) is 5.20. The van der Waals surface area contributed by atoms with E-state index in [4.69, 9.17) is 4.74 Å². The number of aromatic nitrogens is 2. The SMILES string of the molecule is CCCCCCCCNS(=O)(=O)c1ccc2c(c1)C(=O)c1nc3c(OC)cccc3c(=O)n1-2. The molecule has 0 aliphatic carbocycles. The number of benzene rings is 2. The number of nitrogens with zero attached hydrogens (tertiary/aromatic N) is 2. The Morgan fingerprint density at radius 1 is 1.03 bits per heavy atom. The summed E-state index contributed by atoms with van der Waals surface area (Å²) in [7, 11) is -2.31. The van der Waals surface area contributed by atoms with Gasteiger partial charge in [-0.05, 0) is 36.8 Å². The van der Waals surface area contributed by atoms with Crippen LogP contribution < -0.4 is 15.0 Å². The van der Waals surface area contributed by atoms with Gasteiger partial charge in [0.1, 0.15) is 11.3 Å². The minimum Gasteiger partial charge on any atom is -0.494 e. The third-order valence-corrected chi connectivity index (χ3v) is 7.33. The Kier molecular flexibility index (Phi) is 6.62. The molecule has 0 amide bonds. The maximum Gasteiger partial charge on any atom is 0.266 e. The summed E-state index contributed by atoms with van der Waals surface area (Å²) in [6, 6.07) is 9.18. The number of para-hydroxylation sites is 1. The smallest absolute Gasteiger partial charge is 0.266 e. The highest BCUT2D eigenvalue weighted by molar-refractivity contribution is 7.89. The number of hydrogen-bond acceptors (Lipinski definition) is 6. The lowest BCUT2D eigenvalue weighted by molar-refractivity contribution is 0.103. The van der Waals surface area contributed by atoms with E-state index < -0.39 is 21.4 Å². The second kappa shape index (κ2) is 9.44. The summed E-state index contributed by atoms with van der Waals surface area (Å²) < 4.78 is 34.7. The zero-order valence-corrected chi connectivity index (χ0v) is 19.6. The van der Waals surface area contributed by atoms with E-state index in [-0.39, 0.29) is 16.3 Å². The predicted octanol–water partition coefficient (Wildman–Crippen LogP) is 3.58. The molecule has 0 saturated carbocycles. The molecule has 1 aromatic heterocycles. The molecule has 1 N–H and O–H groups in total. The average molecular weight is 470 g/mol. The van der Waals surface area contributed by atoms with Crippen LogP contribution in [0.4, 0.5) is 0 Å². The summed E-state index contributed by atoms with van der Waals surface area (Å²) in [4.78, 5) is 30.6. The van der Waals surface area contributed by atoms with Crippen molar-refractivity contribution in [2.75, 3.05) is 13.7 Å². The number of carbonyl (C=O) groups is 1. The number of methoxy groups -OCH3 is 1. The molecule has 0 fully saturated rings. The highest BCUT2D eigenvalue weighted by Crippen LogP contribution is 2.30. The van der Waals surface area contributed by atoms with Crippen LogP contribution in [0.3, 0.4) is 0 Å². The number of nitrogens with one attached hydrogen (secondary N) is 1. The normalized spacial score (nSPS) is 12.7. The van der Waals surface area contributed by atoms with Crippen molar-refractivity contribution in [1.82, 2.24) is 14.3 Å². The van der Waals surface area contributed by atoms with Gasteiger partial charge in [0.05, 0.1) is 28.6 Å². The van der Waals surface area contributed by atoms with E-state index in [0.717, 1.165) is 25.7 Å². The van der Waals surface area contributed by atoms with Gasteiger partial charge in [-0.3, -0.25) is 14.2 Å². The van der Waals surface area contributed by atoms with Crippen LogP contribution in [0, 0.1) is 0 Å². The summed E-state index contributed by atoms with van der Waals surface area (Å²) in [6.45, 7) is 2.49. The Bertz CT molecular complexity index is 1380. The first kappa shape index (κ1) is 23.1. The minimum atomic E-state index is -3.78. The predicted molar refractivity (Wildman–Crippen MR) is 126 cm³/mol. The first-order chi connectivity index (χ1) is 15.9. The largest absolute Gasteiger partial charge is 0.494 e. The van der Waals surface area contributed by atoms with Crippen LogP contribution >= 0.6 is 0 Å². The number of fused-ring (bicyclic) bond motifs is 4. The molecule has 0 bridgehead atoms. The van der Waals surface area contributed by atoms with Crippen molar-refractivity contribution in [2.24, 2.45) is 0 Å². The molecule has 1 aliphatic heterocycles. The standard InChI is InChI=1S/C24H27N3O5S/c1-3-4-5-6-7-8-14-25-33(30,31)16-12-13-19-18(15-16)22(28)23-26-21-17(24(29)27(19)23)10-9-11-20(21)32-2/h9-13,15,25H,3-8,14H2,1-2H3. The highest BCUT2D eigenvalue weighted by Gasteiger charge is 2.32. The fourth-order valence-electron chi connectivity index (χ4n) is 4.10. The first-order valence-corrected chi connectivity index (χ1v) is 12.7. The molecule has 2 heterocycles. The third-order valence-electron chi connectivity index (χ3n) is 5.87. The van der Waals surface area contributed by atoms with Crippen molar-refractivity contribution in [3.05, 3.63) is 58.1 Å². The molecular weight excluding hydrogens is 442 g/mol. The molecule has 174 valence electrons. The van der Waals surface area contributed by atoms with Gasteiger partial charge in [-0.25, -0.2) is 18.1 Å². The van der Waals surface area contributed by atoms with E-state index in [1.165, 1.54) is 42.7 Å². The van der Waals surface area contributed by atoms with Crippen LogP contribution in [0.15, 0.2) is 46.1 Å². The van der Waals surface area contributed by atoms with Gasteiger partial charge >= 0.3 is 0 Å². The maximum atomic E-state index is 13.1. The molecule has 0 saturated heterocycles. The van der Waals surface area contributed by atoms with E-state index in [9.17, 15) is 18.0 Å². The molecule has 4 rings (SSSR count). The van der Waals surface area contributed by atoms with Crippen molar-refractivity contribution in [1.29, 1.82) is 0 Å². The number of sulfonamides is 1. The summed E-state index contributed by atoms with van der Waals surface area (Å²) in [6.07, 6.45) is 6.32. The number of unbranched alkanes of at least 4 members (excludes halogenated alkanes) is 5. The lowest BCUT2D eigenvalue weighted by Gasteiger charge is -2.09. The molecule has 8 nitrogen and oxygen atoms in total. The van der Waals surface area contributed by atoms with Gasteiger partial charge in [0.2, 0.25) is 15.8 Å². The number of rotatable bonds is 10. The molecule has 0 spiro atoms. The lowest BCUT2D eigenvalue weighted by atomic mass is 10.1. The number of carbonyl (C=O) groups excluding carboxylic acids is 1. The highest BCUT2D eigenvalue weighted by atomic mass is 32.2. The van der Waals surface area contributed by atoms with Crippen LogP contribution in [-0.4, -0.2) is 37.4 Å². The van der Waals surface area contributed by atoms with Gasteiger partial charge in [0.25, 0.3) is 5.56 Å². The van der Waals surface area contributed by atoms with Crippen molar-refractivity contribution >= 4 is 26.7 Å². The van der Waals surface area contributed by atoms with Crippen molar-refractivity contribution < 1.29 is 17.9 Å². The van der Waals surface area contributed by atoms with Gasteiger partial charge in [0.15, 0.2) is 5.82 Å². The van der Waals surface area contributed by atoms with Crippen molar-refractivity contribution in [3.63, 3.8) is 0 Å². The molecule has 0 atom stereocenters. The van der Waals surface area contributed by atoms with Crippen LogP contribution in [0.25, 0.3) is 16.6 Å². The van der Waals surface area contributed by atoms with Gasteiger partial charge in [-0.15, -0.1) is 0 Å². The first-order valence-electron chi connectivity index (χ1n) is 11.2. The van der Waals surface area contributed by atoms with Crippen LogP contribution in [0.2, 0.25) is 0 Å². The van der Waals surface area contributed by atoms with Gasteiger partial charge in [0, 0.05) is 6.54 Å². The molecule has 2 aromatic carbocycles. The Hall–Kier alpha value is -3.04. The molecule has 33 heavy (non-hydrogen) atoms.